The van der Waals surface area contributed by atoms with Gasteiger partial charge in [0.15, 0.2) is 5.78 Å². The zero-order valence-corrected chi connectivity index (χ0v) is 24.8. The van der Waals surface area contributed by atoms with Gasteiger partial charge in [-0.05, 0) is 79.8 Å². The van der Waals surface area contributed by atoms with Crippen LogP contribution in [0.1, 0.15) is 51.6 Å². The van der Waals surface area contributed by atoms with Crippen LogP contribution in [-0.4, -0.2) is 63.3 Å². The highest BCUT2D eigenvalue weighted by atomic mass is 32.2. The predicted molar refractivity (Wildman–Crippen MR) is 159 cm³/mol. The molecule has 1 heterocycles. The molecule has 1 saturated heterocycles. The van der Waals surface area contributed by atoms with Gasteiger partial charge in [0.05, 0.1) is 30.7 Å². The number of halogens is 2. The van der Waals surface area contributed by atoms with E-state index in [9.17, 15) is 31.9 Å². The van der Waals surface area contributed by atoms with Crippen LogP contribution in [0.3, 0.4) is 0 Å². The highest BCUT2D eigenvalue weighted by Crippen LogP contribution is 2.27. The number of Topliss-reactive ketones (excluding diaryl/α,β-unsaturated/α-hetero) is 1. The average Bonchev–Trinajstić information content (AvgIpc) is 2.95. The second kappa shape index (κ2) is 14.1. The van der Waals surface area contributed by atoms with Crippen molar-refractivity contribution < 1.29 is 36.6 Å². The van der Waals surface area contributed by atoms with Crippen molar-refractivity contribution in [1.82, 2.24) is 10.6 Å². The number of rotatable bonds is 12. The maximum atomic E-state index is 14.0. The van der Waals surface area contributed by atoms with Crippen molar-refractivity contribution in [1.29, 1.82) is 0 Å². The zero-order valence-electron chi connectivity index (χ0n) is 24.0. The summed E-state index contributed by atoms with van der Waals surface area (Å²) in [5, 5.41) is 17.0. The minimum Gasteiger partial charge on any atom is -0.497 e. The van der Waals surface area contributed by atoms with E-state index in [0.717, 1.165) is 23.8 Å². The fourth-order valence-corrected chi connectivity index (χ4v) is 6.60. The number of nitrogens with zero attached hydrogens (tertiary/aromatic N) is 1. The molecule has 3 aromatic rings. The summed E-state index contributed by atoms with van der Waals surface area (Å²) in [7, 11) is -2.07. The van der Waals surface area contributed by atoms with Gasteiger partial charge in [0.1, 0.15) is 17.4 Å². The SMILES string of the molecule is COc1cccc(CNC[C@@H](O)[C@H](Cc2cc(F)cc(F)c2)NC(=O)c2cc(C(C)=O)cc(N3CCCCS3(=O)=O)c2)c1. The number of carbonyl (C=O) groups is 2. The molecule has 0 radical (unpaired) electrons. The summed E-state index contributed by atoms with van der Waals surface area (Å²) in [5.74, 6) is -2.02. The van der Waals surface area contributed by atoms with E-state index in [-0.39, 0.29) is 53.4 Å². The van der Waals surface area contributed by atoms with Crippen molar-refractivity contribution in [3.05, 3.63) is 94.6 Å². The summed E-state index contributed by atoms with van der Waals surface area (Å²) >= 11 is 0. The molecular weight excluding hydrogens is 580 g/mol. The third-order valence-corrected chi connectivity index (χ3v) is 9.07. The first-order valence-corrected chi connectivity index (χ1v) is 15.5. The van der Waals surface area contributed by atoms with Crippen LogP contribution >= 0.6 is 0 Å². The van der Waals surface area contributed by atoms with E-state index in [0.29, 0.717) is 25.1 Å². The molecule has 230 valence electrons. The van der Waals surface area contributed by atoms with E-state index < -0.39 is 39.7 Å². The fourth-order valence-electron chi connectivity index (χ4n) is 4.98. The Morgan fingerprint density at radius 1 is 1.00 bits per heavy atom. The summed E-state index contributed by atoms with van der Waals surface area (Å²) in [6.45, 7) is 1.92. The highest BCUT2D eigenvalue weighted by Gasteiger charge is 2.28. The number of amides is 1. The van der Waals surface area contributed by atoms with Gasteiger partial charge in [-0.2, -0.15) is 0 Å². The van der Waals surface area contributed by atoms with Crippen molar-refractivity contribution in [2.75, 3.05) is 30.3 Å². The number of hydrogen-bond donors (Lipinski definition) is 3. The van der Waals surface area contributed by atoms with Gasteiger partial charge in [0, 0.05) is 36.8 Å². The third-order valence-electron chi connectivity index (χ3n) is 7.20. The standard InChI is InChI=1S/C31H35F2N3O6S/c1-20(37)23-14-24(16-27(15-23)36-8-3-4-9-43(36,40)41)31(39)35-29(13-22-10-25(32)17-26(33)11-22)30(38)19-34-18-21-6-5-7-28(12-21)42-2/h5-7,10-12,14-17,29-30,34,38H,3-4,8-9,13,18-19H2,1-2H3,(H,35,39)/t29-,30+/m0/s1. The first-order chi connectivity index (χ1) is 20.4. The molecule has 1 fully saturated rings. The second-order valence-corrected chi connectivity index (χ2v) is 12.5. The molecule has 0 saturated carbocycles. The van der Waals surface area contributed by atoms with Crippen molar-refractivity contribution in [2.24, 2.45) is 0 Å². The summed E-state index contributed by atoms with van der Waals surface area (Å²) in [5.41, 5.74) is 1.46. The topological polar surface area (TPSA) is 125 Å². The monoisotopic (exact) mass is 615 g/mol. The molecule has 3 N–H and O–H groups in total. The number of aliphatic hydroxyl groups excluding tert-OH is 1. The molecule has 9 nitrogen and oxygen atoms in total. The number of ether oxygens (including phenoxy) is 1. The van der Waals surface area contributed by atoms with Gasteiger partial charge in [0.2, 0.25) is 10.0 Å². The summed E-state index contributed by atoms with van der Waals surface area (Å²) in [4.78, 5) is 25.8. The van der Waals surface area contributed by atoms with Crippen molar-refractivity contribution in [2.45, 2.75) is 44.9 Å². The minimum absolute atomic E-state index is 0.00966. The Balaban J connectivity index is 1.58. The number of anilines is 1. The Morgan fingerprint density at radius 3 is 2.40 bits per heavy atom. The highest BCUT2D eigenvalue weighted by molar-refractivity contribution is 7.92. The van der Waals surface area contributed by atoms with Gasteiger partial charge in [0.25, 0.3) is 5.91 Å². The van der Waals surface area contributed by atoms with Crippen molar-refractivity contribution in [3.63, 3.8) is 0 Å². The quantitative estimate of drug-likeness (QED) is 0.266. The molecule has 0 spiro atoms. The van der Waals surface area contributed by atoms with Crippen LogP contribution in [0, 0.1) is 11.6 Å². The Labute approximate surface area is 249 Å². The van der Waals surface area contributed by atoms with Crippen LogP contribution in [0.2, 0.25) is 0 Å². The predicted octanol–water partition coefficient (Wildman–Crippen LogP) is 3.60. The van der Waals surface area contributed by atoms with Crippen LogP contribution in [0.5, 0.6) is 5.75 Å². The fraction of sp³-hybridized carbons (Fsp3) is 0.355. The molecule has 0 bridgehead atoms. The van der Waals surface area contributed by atoms with Crippen molar-refractivity contribution >= 4 is 27.4 Å². The molecule has 0 aliphatic carbocycles. The van der Waals surface area contributed by atoms with E-state index in [1.165, 1.54) is 29.4 Å². The normalized spacial score (nSPS) is 15.9. The first-order valence-electron chi connectivity index (χ1n) is 13.9. The van der Waals surface area contributed by atoms with Gasteiger partial charge >= 0.3 is 0 Å². The molecule has 4 rings (SSSR count). The smallest absolute Gasteiger partial charge is 0.251 e. The largest absolute Gasteiger partial charge is 0.497 e. The van der Waals surface area contributed by atoms with Crippen LogP contribution in [0.15, 0.2) is 60.7 Å². The average molecular weight is 616 g/mol. The summed E-state index contributed by atoms with van der Waals surface area (Å²) in [6, 6.07) is 13.5. The summed E-state index contributed by atoms with van der Waals surface area (Å²) < 4.78 is 59.8. The maximum absolute atomic E-state index is 14.0. The number of benzene rings is 3. The minimum atomic E-state index is -3.62. The van der Waals surface area contributed by atoms with E-state index in [1.54, 1.807) is 13.2 Å². The molecule has 43 heavy (non-hydrogen) atoms. The zero-order chi connectivity index (χ0) is 31.1. The Morgan fingerprint density at radius 2 is 1.72 bits per heavy atom. The molecule has 0 unspecified atom stereocenters. The molecule has 1 aliphatic heterocycles. The lowest BCUT2D eigenvalue weighted by Gasteiger charge is -2.29. The Bertz CT molecular complexity index is 1560. The van der Waals surface area contributed by atoms with Crippen molar-refractivity contribution in [3.8, 4) is 5.75 Å². The van der Waals surface area contributed by atoms with Gasteiger partial charge in [-0.15, -0.1) is 0 Å². The molecule has 0 aromatic heterocycles. The van der Waals surface area contributed by atoms with E-state index in [4.69, 9.17) is 4.74 Å². The van der Waals surface area contributed by atoms with Gasteiger partial charge in [-0.3, -0.25) is 13.9 Å². The molecule has 1 amide bonds. The lowest BCUT2D eigenvalue weighted by atomic mass is 9.99. The second-order valence-electron chi connectivity index (χ2n) is 10.5. The van der Waals surface area contributed by atoms with E-state index >= 15 is 0 Å². The first kappa shape index (κ1) is 32.1. The lowest BCUT2D eigenvalue weighted by Crippen LogP contribution is -2.48. The Hall–Kier alpha value is -3.87. The molecule has 1 aliphatic rings. The Kier molecular flexibility index (Phi) is 10.5. The number of ketones is 1. The van der Waals surface area contributed by atoms with Crippen LogP contribution in [-0.2, 0) is 23.0 Å². The molecule has 3 aromatic carbocycles. The number of methoxy groups -OCH3 is 1. The number of carbonyl (C=O) groups excluding carboxylic acids is 2. The lowest BCUT2D eigenvalue weighted by molar-refractivity contribution is 0.0830. The van der Waals surface area contributed by atoms with Crippen LogP contribution in [0.4, 0.5) is 14.5 Å². The number of sulfonamides is 1. The van der Waals surface area contributed by atoms with E-state index in [2.05, 4.69) is 10.6 Å². The van der Waals surface area contributed by atoms with Gasteiger partial charge in [-0.1, -0.05) is 12.1 Å². The van der Waals surface area contributed by atoms with Gasteiger partial charge < -0.3 is 20.5 Å². The van der Waals surface area contributed by atoms with E-state index in [1.807, 2.05) is 18.2 Å². The number of aliphatic hydroxyl groups is 1. The summed E-state index contributed by atoms with van der Waals surface area (Å²) in [6.07, 6.45) is -0.155. The molecular formula is C31H35F2N3O6S. The maximum Gasteiger partial charge on any atom is 0.251 e. The number of hydrogen-bond acceptors (Lipinski definition) is 7. The van der Waals surface area contributed by atoms with Gasteiger partial charge in [-0.25, -0.2) is 17.2 Å². The van der Waals surface area contributed by atoms with Crippen LogP contribution in [0.25, 0.3) is 0 Å². The van der Waals surface area contributed by atoms with Crippen LogP contribution < -0.4 is 19.7 Å². The third kappa shape index (κ3) is 8.59. The molecule has 12 heteroatoms. The molecule has 2 atom stereocenters. The number of nitrogens with one attached hydrogen (secondary N) is 2.